The van der Waals surface area contributed by atoms with Gasteiger partial charge in [0.25, 0.3) is 0 Å². The Labute approximate surface area is 91.6 Å². The maximum atomic E-state index is 10.9. The molecule has 0 aliphatic heterocycles. The van der Waals surface area contributed by atoms with Crippen LogP contribution in [-0.4, -0.2) is 30.6 Å². The fraction of sp³-hybridized carbons (Fsp3) is 0.200. The maximum absolute atomic E-state index is 10.9. The summed E-state index contributed by atoms with van der Waals surface area (Å²) >= 11 is 0. The van der Waals surface area contributed by atoms with Gasteiger partial charge >= 0.3 is 5.97 Å². The minimum Gasteiger partial charge on any atom is -0.477 e. The Balaban J connectivity index is 2.29. The Kier molecular flexibility index (Phi) is 2.63. The van der Waals surface area contributed by atoms with Crippen molar-refractivity contribution in [2.45, 2.75) is 13.5 Å². The Morgan fingerprint density at radius 2 is 2.38 bits per heavy atom. The van der Waals surface area contributed by atoms with Crippen molar-refractivity contribution >= 4 is 5.97 Å². The highest BCUT2D eigenvalue weighted by Crippen LogP contribution is 2.04. The van der Waals surface area contributed by atoms with Gasteiger partial charge in [0.05, 0.1) is 12.9 Å². The van der Waals surface area contributed by atoms with E-state index < -0.39 is 5.97 Å². The Bertz CT molecular complexity index is 508. The minimum absolute atomic E-state index is 0.0464. The first kappa shape index (κ1) is 10.3. The maximum Gasteiger partial charge on any atom is 0.354 e. The molecule has 0 bridgehead atoms. The van der Waals surface area contributed by atoms with Gasteiger partial charge in [0, 0.05) is 24.2 Å². The van der Waals surface area contributed by atoms with Gasteiger partial charge in [-0.2, -0.15) is 0 Å². The van der Waals surface area contributed by atoms with Crippen LogP contribution in [0, 0.1) is 6.92 Å². The fourth-order valence-corrected chi connectivity index (χ4v) is 1.31. The van der Waals surface area contributed by atoms with E-state index in [0.29, 0.717) is 17.9 Å². The van der Waals surface area contributed by atoms with Crippen molar-refractivity contribution < 1.29 is 9.90 Å². The van der Waals surface area contributed by atoms with Gasteiger partial charge in [-0.3, -0.25) is 0 Å². The summed E-state index contributed by atoms with van der Waals surface area (Å²) in [7, 11) is 0. The number of aromatic carboxylic acids is 1. The van der Waals surface area contributed by atoms with Gasteiger partial charge in [0.2, 0.25) is 0 Å². The van der Waals surface area contributed by atoms with Gasteiger partial charge in [-0.25, -0.2) is 19.7 Å². The number of aryl methyl sites for hydroxylation is 1. The minimum atomic E-state index is -1.04. The average Bonchev–Trinajstić information content (AvgIpc) is 2.73. The molecule has 1 N–H and O–H groups in total. The molecule has 0 unspecified atom stereocenters. The summed E-state index contributed by atoms with van der Waals surface area (Å²) in [4.78, 5) is 22.8. The standard InChI is InChI=1S/C10H10N4O2/c1-7-4-12-8(13-9(7)10(15)16)5-14-3-2-11-6-14/h2-4,6H,5H2,1H3,(H,15,16). The topological polar surface area (TPSA) is 80.9 Å². The Morgan fingerprint density at radius 3 is 3.00 bits per heavy atom. The monoisotopic (exact) mass is 218 g/mol. The van der Waals surface area contributed by atoms with E-state index in [2.05, 4.69) is 15.0 Å². The molecule has 0 saturated heterocycles. The molecule has 2 rings (SSSR count). The second-order valence-corrected chi connectivity index (χ2v) is 3.36. The number of carbonyl (C=O) groups is 1. The number of imidazole rings is 1. The molecule has 0 aliphatic rings. The lowest BCUT2D eigenvalue weighted by Gasteiger charge is -2.04. The summed E-state index contributed by atoms with van der Waals surface area (Å²) < 4.78 is 1.77. The zero-order chi connectivity index (χ0) is 11.5. The average molecular weight is 218 g/mol. The third kappa shape index (κ3) is 2.05. The molecule has 2 aromatic heterocycles. The Hall–Kier alpha value is -2.24. The number of nitrogens with zero attached hydrogens (tertiary/aromatic N) is 4. The zero-order valence-corrected chi connectivity index (χ0v) is 8.66. The third-order valence-corrected chi connectivity index (χ3v) is 2.11. The largest absolute Gasteiger partial charge is 0.477 e. The van der Waals surface area contributed by atoms with Crippen LogP contribution in [0.25, 0.3) is 0 Å². The van der Waals surface area contributed by atoms with Crippen LogP contribution in [0.4, 0.5) is 0 Å². The van der Waals surface area contributed by atoms with E-state index in [-0.39, 0.29) is 5.69 Å². The second kappa shape index (κ2) is 4.09. The second-order valence-electron chi connectivity index (χ2n) is 3.36. The number of carboxylic acid groups (broad SMARTS) is 1. The van der Waals surface area contributed by atoms with Crippen molar-refractivity contribution in [2.75, 3.05) is 0 Å². The lowest BCUT2D eigenvalue weighted by atomic mass is 10.2. The first-order valence-corrected chi connectivity index (χ1v) is 4.68. The predicted octanol–water partition coefficient (Wildman–Crippen LogP) is 0.728. The lowest BCUT2D eigenvalue weighted by Crippen LogP contribution is -2.10. The van der Waals surface area contributed by atoms with Gasteiger partial charge in [0.15, 0.2) is 5.69 Å². The van der Waals surface area contributed by atoms with Gasteiger partial charge in [-0.05, 0) is 6.92 Å². The fourth-order valence-electron chi connectivity index (χ4n) is 1.31. The van der Waals surface area contributed by atoms with Crippen LogP contribution >= 0.6 is 0 Å². The van der Waals surface area contributed by atoms with E-state index in [0.717, 1.165) is 0 Å². The van der Waals surface area contributed by atoms with Crippen molar-refractivity contribution in [3.05, 3.63) is 42.0 Å². The highest BCUT2D eigenvalue weighted by Gasteiger charge is 2.10. The van der Waals surface area contributed by atoms with Crippen LogP contribution in [0.15, 0.2) is 24.9 Å². The molecule has 0 fully saturated rings. The van der Waals surface area contributed by atoms with Gasteiger partial charge in [0.1, 0.15) is 5.82 Å². The molecule has 0 saturated carbocycles. The van der Waals surface area contributed by atoms with Crippen LogP contribution in [0.2, 0.25) is 0 Å². The number of hydrogen-bond donors (Lipinski definition) is 1. The zero-order valence-electron chi connectivity index (χ0n) is 8.66. The summed E-state index contributed by atoms with van der Waals surface area (Å²) in [6, 6.07) is 0. The van der Waals surface area contributed by atoms with E-state index >= 15 is 0 Å². The predicted molar refractivity (Wildman–Crippen MR) is 55.1 cm³/mol. The molecule has 0 aromatic carbocycles. The van der Waals surface area contributed by atoms with E-state index in [9.17, 15) is 4.79 Å². The van der Waals surface area contributed by atoms with E-state index in [1.54, 1.807) is 30.2 Å². The summed E-state index contributed by atoms with van der Waals surface area (Å²) in [6.07, 6.45) is 6.56. The van der Waals surface area contributed by atoms with Crippen LogP contribution < -0.4 is 0 Å². The number of rotatable bonds is 3. The third-order valence-electron chi connectivity index (χ3n) is 2.11. The molecule has 82 valence electrons. The van der Waals surface area contributed by atoms with E-state index in [4.69, 9.17) is 5.11 Å². The molecule has 0 radical (unpaired) electrons. The van der Waals surface area contributed by atoms with Crippen LogP contribution in [0.1, 0.15) is 21.9 Å². The SMILES string of the molecule is Cc1cnc(Cn2ccnc2)nc1C(=O)O. The van der Waals surface area contributed by atoms with E-state index in [1.165, 1.54) is 6.20 Å². The molecule has 16 heavy (non-hydrogen) atoms. The highest BCUT2D eigenvalue weighted by molar-refractivity contribution is 5.86. The Morgan fingerprint density at radius 1 is 1.56 bits per heavy atom. The molecule has 6 nitrogen and oxygen atoms in total. The molecule has 0 amide bonds. The molecular formula is C10H10N4O2. The van der Waals surface area contributed by atoms with Crippen LogP contribution in [0.3, 0.4) is 0 Å². The molecule has 0 spiro atoms. The normalized spacial score (nSPS) is 10.3. The van der Waals surface area contributed by atoms with E-state index in [1.807, 2.05) is 0 Å². The molecule has 2 heterocycles. The lowest BCUT2D eigenvalue weighted by molar-refractivity contribution is 0.0689. The van der Waals surface area contributed by atoms with Crippen molar-refractivity contribution in [3.63, 3.8) is 0 Å². The summed E-state index contributed by atoms with van der Waals surface area (Å²) in [5.41, 5.74) is 0.604. The van der Waals surface area contributed by atoms with Crippen molar-refractivity contribution in [3.8, 4) is 0 Å². The summed E-state index contributed by atoms with van der Waals surface area (Å²) in [6.45, 7) is 2.09. The van der Waals surface area contributed by atoms with Crippen LogP contribution in [-0.2, 0) is 6.54 Å². The first-order valence-electron chi connectivity index (χ1n) is 4.68. The first-order chi connectivity index (χ1) is 7.66. The number of carboxylic acids is 1. The van der Waals surface area contributed by atoms with Gasteiger partial charge in [-0.15, -0.1) is 0 Å². The quantitative estimate of drug-likeness (QED) is 0.821. The molecular weight excluding hydrogens is 208 g/mol. The summed E-state index contributed by atoms with van der Waals surface area (Å²) in [5, 5.41) is 8.91. The summed E-state index contributed by atoms with van der Waals surface area (Å²) in [5.74, 6) is -0.576. The van der Waals surface area contributed by atoms with Crippen LogP contribution in [0.5, 0.6) is 0 Å². The molecule has 0 atom stereocenters. The van der Waals surface area contributed by atoms with Crippen molar-refractivity contribution in [1.82, 2.24) is 19.5 Å². The van der Waals surface area contributed by atoms with Crippen molar-refractivity contribution in [1.29, 1.82) is 0 Å². The van der Waals surface area contributed by atoms with Gasteiger partial charge < -0.3 is 9.67 Å². The van der Waals surface area contributed by atoms with Crippen molar-refractivity contribution in [2.24, 2.45) is 0 Å². The highest BCUT2D eigenvalue weighted by atomic mass is 16.4. The molecule has 2 aromatic rings. The number of aromatic nitrogens is 4. The molecule has 0 aliphatic carbocycles. The number of hydrogen-bond acceptors (Lipinski definition) is 4. The molecule has 6 heteroatoms. The smallest absolute Gasteiger partial charge is 0.354 e. The van der Waals surface area contributed by atoms with Gasteiger partial charge in [-0.1, -0.05) is 0 Å².